The Bertz CT molecular complexity index is 586. The third-order valence-corrected chi connectivity index (χ3v) is 4.27. The molecule has 3 rings (SSSR count). The van der Waals surface area contributed by atoms with Crippen LogP contribution in [0.3, 0.4) is 0 Å². The van der Waals surface area contributed by atoms with E-state index in [0.717, 1.165) is 18.4 Å². The van der Waals surface area contributed by atoms with Crippen LogP contribution in [0.4, 0.5) is 0 Å². The van der Waals surface area contributed by atoms with Crippen LogP contribution < -0.4 is 0 Å². The molecule has 0 saturated carbocycles. The van der Waals surface area contributed by atoms with Gasteiger partial charge in [-0.1, -0.05) is 61.5 Å². The van der Waals surface area contributed by atoms with E-state index in [1.165, 1.54) is 11.1 Å². The minimum atomic E-state index is 0.122. The van der Waals surface area contributed by atoms with Crippen molar-refractivity contribution >= 4 is 5.78 Å². The molecule has 1 aliphatic rings. The highest BCUT2D eigenvalue weighted by molar-refractivity contribution is 6.00. The Morgan fingerprint density at radius 1 is 1.00 bits per heavy atom. The molecule has 2 atom stereocenters. The normalized spacial score (nSPS) is 19.8. The molecule has 0 saturated heterocycles. The van der Waals surface area contributed by atoms with Crippen LogP contribution in [0, 0.1) is 5.92 Å². The second kappa shape index (κ2) is 5.00. The number of Topliss-reactive ketones (excluding diaryl/α,β-unsaturated/α-hetero) is 1. The van der Waals surface area contributed by atoms with Crippen molar-refractivity contribution < 1.29 is 4.79 Å². The number of hydrogen-bond donors (Lipinski definition) is 0. The topological polar surface area (TPSA) is 17.1 Å². The van der Waals surface area contributed by atoms with E-state index in [4.69, 9.17) is 0 Å². The van der Waals surface area contributed by atoms with Gasteiger partial charge >= 0.3 is 0 Å². The van der Waals surface area contributed by atoms with Crippen LogP contribution in [0.25, 0.3) is 0 Å². The molecule has 0 radical (unpaired) electrons. The van der Waals surface area contributed by atoms with Gasteiger partial charge in [-0.05, 0) is 29.9 Å². The van der Waals surface area contributed by atoms with Crippen LogP contribution in [0.15, 0.2) is 54.6 Å². The fourth-order valence-electron chi connectivity index (χ4n) is 3.09. The summed E-state index contributed by atoms with van der Waals surface area (Å²) in [5.74, 6) is 0.734. The molecule has 0 unspecified atom stereocenters. The Balaban J connectivity index is 1.90. The molecule has 0 spiro atoms. The third-order valence-electron chi connectivity index (χ3n) is 4.27. The number of hydrogen-bond acceptors (Lipinski definition) is 1. The van der Waals surface area contributed by atoms with Gasteiger partial charge in [0.25, 0.3) is 0 Å². The minimum absolute atomic E-state index is 0.122. The summed E-state index contributed by atoms with van der Waals surface area (Å²) in [6.07, 6.45) is 1.98. The molecule has 1 nitrogen and oxygen atoms in total. The summed E-state index contributed by atoms with van der Waals surface area (Å²) in [6.45, 7) is 2.17. The molecule has 1 aliphatic carbocycles. The first-order valence-electron chi connectivity index (χ1n) is 6.94. The molecule has 0 aliphatic heterocycles. The fourth-order valence-corrected chi connectivity index (χ4v) is 3.09. The van der Waals surface area contributed by atoms with E-state index >= 15 is 0 Å². The van der Waals surface area contributed by atoms with Crippen LogP contribution >= 0.6 is 0 Å². The van der Waals surface area contributed by atoms with Crippen LogP contribution in [0.1, 0.15) is 40.7 Å². The Morgan fingerprint density at radius 2 is 1.68 bits per heavy atom. The lowest BCUT2D eigenvalue weighted by molar-refractivity contribution is 0.0884. The van der Waals surface area contributed by atoms with E-state index in [1.54, 1.807) is 0 Å². The van der Waals surface area contributed by atoms with E-state index in [-0.39, 0.29) is 5.92 Å². The number of carbonyl (C=O) groups is 1. The molecule has 0 heterocycles. The Morgan fingerprint density at radius 3 is 2.47 bits per heavy atom. The maximum Gasteiger partial charge on any atom is 0.166 e. The molecule has 0 bridgehead atoms. The molecule has 0 N–H and O–H groups in total. The van der Waals surface area contributed by atoms with Crippen molar-refractivity contribution in [2.75, 3.05) is 0 Å². The van der Waals surface area contributed by atoms with Gasteiger partial charge < -0.3 is 0 Å². The Hall–Kier alpha value is -1.89. The van der Waals surface area contributed by atoms with E-state index in [1.807, 2.05) is 36.4 Å². The fraction of sp³-hybridized carbons (Fsp3) is 0.278. The number of fused-ring (bicyclic) bond motifs is 1. The van der Waals surface area contributed by atoms with Gasteiger partial charge in [-0.15, -0.1) is 0 Å². The number of benzene rings is 2. The summed E-state index contributed by atoms with van der Waals surface area (Å²) in [4.78, 5) is 12.6. The van der Waals surface area contributed by atoms with Crippen molar-refractivity contribution in [1.29, 1.82) is 0 Å². The smallest absolute Gasteiger partial charge is 0.166 e. The molecule has 2 aromatic carbocycles. The van der Waals surface area contributed by atoms with Gasteiger partial charge in [0.2, 0.25) is 0 Å². The summed E-state index contributed by atoms with van der Waals surface area (Å²) in [5, 5.41) is 0. The number of aryl methyl sites for hydroxylation is 1. The molecule has 96 valence electrons. The van der Waals surface area contributed by atoms with Crippen molar-refractivity contribution in [2.45, 2.75) is 25.7 Å². The molecular formula is C18H18O. The molecule has 0 amide bonds. The maximum atomic E-state index is 12.6. The van der Waals surface area contributed by atoms with Crippen LogP contribution in [-0.2, 0) is 6.42 Å². The molecule has 19 heavy (non-hydrogen) atoms. The molecule has 0 fully saturated rings. The number of carbonyl (C=O) groups excluding carboxylic acids is 1. The van der Waals surface area contributed by atoms with Crippen molar-refractivity contribution in [1.82, 2.24) is 0 Å². The standard InChI is InChI=1S/C18H18O/c1-13(14-7-3-2-4-8-14)16-12-11-15-9-5-6-10-17(15)18(16)19/h2-10,13,16H,11-12H2,1H3/t13-,16+/m1/s1. The predicted molar refractivity (Wildman–Crippen MR) is 77.4 cm³/mol. The van der Waals surface area contributed by atoms with Gasteiger partial charge in [-0.3, -0.25) is 4.79 Å². The highest BCUT2D eigenvalue weighted by atomic mass is 16.1. The van der Waals surface area contributed by atoms with E-state index < -0.39 is 0 Å². The second-order valence-corrected chi connectivity index (χ2v) is 5.37. The summed E-state index contributed by atoms with van der Waals surface area (Å²) in [5.41, 5.74) is 3.41. The summed E-state index contributed by atoms with van der Waals surface area (Å²) >= 11 is 0. The van der Waals surface area contributed by atoms with Crippen LogP contribution in [0.5, 0.6) is 0 Å². The van der Waals surface area contributed by atoms with E-state index in [9.17, 15) is 4.79 Å². The first-order chi connectivity index (χ1) is 9.27. The molecule has 1 heteroatoms. The average Bonchev–Trinajstić information content (AvgIpc) is 2.48. The van der Waals surface area contributed by atoms with E-state index in [0.29, 0.717) is 11.7 Å². The summed E-state index contributed by atoms with van der Waals surface area (Å²) in [6, 6.07) is 18.4. The average molecular weight is 250 g/mol. The van der Waals surface area contributed by atoms with Gasteiger partial charge in [0, 0.05) is 11.5 Å². The predicted octanol–water partition coefficient (Wildman–Crippen LogP) is 4.24. The zero-order valence-corrected chi connectivity index (χ0v) is 11.2. The summed E-state index contributed by atoms with van der Waals surface area (Å²) in [7, 11) is 0. The third kappa shape index (κ3) is 2.21. The lowest BCUT2D eigenvalue weighted by Gasteiger charge is -2.28. The zero-order chi connectivity index (χ0) is 13.2. The largest absolute Gasteiger partial charge is 0.294 e. The van der Waals surface area contributed by atoms with Crippen LogP contribution in [0.2, 0.25) is 0 Å². The van der Waals surface area contributed by atoms with Crippen molar-refractivity contribution in [3.05, 3.63) is 71.3 Å². The number of ketones is 1. The quantitative estimate of drug-likeness (QED) is 0.779. The van der Waals surface area contributed by atoms with Gasteiger partial charge in [0.15, 0.2) is 5.78 Å². The molecule has 0 aromatic heterocycles. The number of rotatable bonds is 2. The Labute approximate surface area is 114 Å². The Kier molecular flexibility index (Phi) is 3.20. The van der Waals surface area contributed by atoms with E-state index in [2.05, 4.69) is 25.1 Å². The van der Waals surface area contributed by atoms with Crippen LogP contribution in [-0.4, -0.2) is 5.78 Å². The van der Waals surface area contributed by atoms with Gasteiger partial charge in [0.05, 0.1) is 0 Å². The molecule has 2 aromatic rings. The minimum Gasteiger partial charge on any atom is -0.294 e. The molecular weight excluding hydrogens is 232 g/mol. The van der Waals surface area contributed by atoms with Gasteiger partial charge in [-0.2, -0.15) is 0 Å². The van der Waals surface area contributed by atoms with Gasteiger partial charge in [0.1, 0.15) is 0 Å². The SMILES string of the molecule is C[C@H](c1ccccc1)[C@@H]1CCc2ccccc2C1=O. The lowest BCUT2D eigenvalue weighted by Crippen LogP contribution is -2.26. The van der Waals surface area contributed by atoms with Gasteiger partial charge in [-0.25, -0.2) is 0 Å². The zero-order valence-electron chi connectivity index (χ0n) is 11.2. The highest BCUT2D eigenvalue weighted by Gasteiger charge is 2.31. The lowest BCUT2D eigenvalue weighted by atomic mass is 9.74. The van der Waals surface area contributed by atoms with Crippen molar-refractivity contribution in [2.24, 2.45) is 5.92 Å². The monoisotopic (exact) mass is 250 g/mol. The van der Waals surface area contributed by atoms with Crippen molar-refractivity contribution in [3.63, 3.8) is 0 Å². The van der Waals surface area contributed by atoms with Crippen molar-refractivity contribution in [3.8, 4) is 0 Å². The maximum absolute atomic E-state index is 12.6. The summed E-state index contributed by atoms with van der Waals surface area (Å²) < 4.78 is 0. The second-order valence-electron chi connectivity index (χ2n) is 5.37. The first kappa shape index (κ1) is 12.2. The highest BCUT2D eigenvalue weighted by Crippen LogP contribution is 2.35. The first-order valence-corrected chi connectivity index (χ1v) is 6.94.